The highest BCUT2D eigenvalue weighted by atomic mass is 35.5. The predicted molar refractivity (Wildman–Crippen MR) is 120 cm³/mol. The molecule has 1 amide bonds. The van der Waals surface area contributed by atoms with Crippen LogP contribution in [-0.4, -0.2) is 16.1 Å². The molecule has 4 rings (SSSR count). The van der Waals surface area contributed by atoms with Crippen molar-refractivity contribution in [3.8, 4) is 0 Å². The maximum absolute atomic E-state index is 13.3. The van der Waals surface area contributed by atoms with Crippen LogP contribution in [0, 0.1) is 0 Å². The number of benzene rings is 2. The lowest BCUT2D eigenvalue weighted by atomic mass is 10.0. The summed E-state index contributed by atoms with van der Waals surface area (Å²) >= 11 is 6.17. The fourth-order valence-corrected chi connectivity index (χ4v) is 3.66. The van der Waals surface area contributed by atoms with E-state index >= 15 is 0 Å². The predicted octanol–water partition coefficient (Wildman–Crippen LogP) is 5.22. The van der Waals surface area contributed by atoms with Gasteiger partial charge < -0.3 is 15.5 Å². The minimum Gasteiger partial charge on any atom is -0.396 e. The number of halogens is 1. The van der Waals surface area contributed by atoms with E-state index in [1.165, 1.54) is 0 Å². The van der Waals surface area contributed by atoms with E-state index in [4.69, 9.17) is 17.3 Å². The number of anilines is 2. The van der Waals surface area contributed by atoms with Crippen molar-refractivity contribution >= 4 is 40.2 Å². The zero-order chi connectivity index (χ0) is 21.3. The Morgan fingerprint density at radius 3 is 2.40 bits per heavy atom. The summed E-state index contributed by atoms with van der Waals surface area (Å²) < 4.78 is 1.66. The van der Waals surface area contributed by atoms with Gasteiger partial charge in [0.2, 0.25) is 5.78 Å². The second-order valence-electron chi connectivity index (χ2n) is 6.91. The third-order valence-electron chi connectivity index (χ3n) is 5.07. The van der Waals surface area contributed by atoms with Crippen molar-refractivity contribution in [1.29, 1.82) is 0 Å². The number of nitrogens with two attached hydrogens (primary N) is 1. The number of carbonyl (C=O) groups is 2. The minimum atomic E-state index is -0.426. The smallest absolute Gasteiger partial charge is 0.260 e. The first-order valence-electron chi connectivity index (χ1n) is 9.59. The number of para-hydroxylation sites is 1. The van der Waals surface area contributed by atoms with E-state index < -0.39 is 5.91 Å². The van der Waals surface area contributed by atoms with Gasteiger partial charge >= 0.3 is 0 Å². The molecule has 30 heavy (non-hydrogen) atoms. The van der Waals surface area contributed by atoms with E-state index in [1.54, 1.807) is 65.2 Å². The molecule has 2 aromatic carbocycles. The zero-order valence-electron chi connectivity index (χ0n) is 16.4. The molecule has 0 saturated heterocycles. The highest BCUT2D eigenvalue weighted by Crippen LogP contribution is 2.30. The van der Waals surface area contributed by atoms with Crippen molar-refractivity contribution < 1.29 is 9.59 Å². The van der Waals surface area contributed by atoms with Crippen molar-refractivity contribution in [2.24, 2.45) is 0 Å². The van der Waals surface area contributed by atoms with Gasteiger partial charge in [0.1, 0.15) is 5.69 Å². The lowest BCUT2D eigenvalue weighted by Gasteiger charge is -2.07. The fraction of sp³-hybridized carbons (Fsp3) is 0.0833. The highest BCUT2D eigenvalue weighted by molar-refractivity contribution is 6.34. The zero-order valence-corrected chi connectivity index (χ0v) is 17.1. The van der Waals surface area contributed by atoms with Crippen LogP contribution in [-0.2, 0) is 6.42 Å². The van der Waals surface area contributed by atoms with Crippen LogP contribution in [0.2, 0.25) is 5.02 Å². The molecule has 2 heterocycles. The number of amides is 1. The summed E-state index contributed by atoms with van der Waals surface area (Å²) in [6, 6.07) is 19.7. The number of fused-ring (bicyclic) bond motifs is 1. The Balaban J connectivity index is 1.80. The molecule has 150 valence electrons. The molecule has 0 aliphatic carbocycles. The minimum absolute atomic E-state index is 0.135. The summed E-state index contributed by atoms with van der Waals surface area (Å²) in [5.74, 6) is -0.669. The molecule has 2 aromatic heterocycles. The van der Waals surface area contributed by atoms with Crippen LogP contribution in [0.4, 0.5) is 11.4 Å². The number of hydrogen-bond donors (Lipinski definition) is 2. The van der Waals surface area contributed by atoms with Gasteiger partial charge in [0, 0.05) is 11.8 Å². The Morgan fingerprint density at radius 1 is 1.00 bits per heavy atom. The Hall–Kier alpha value is -3.57. The number of nitrogen functional groups attached to an aromatic ring is 1. The van der Waals surface area contributed by atoms with Crippen molar-refractivity contribution in [2.45, 2.75) is 13.3 Å². The molecule has 6 heteroatoms. The highest BCUT2D eigenvalue weighted by Gasteiger charge is 2.26. The lowest BCUT2D eigenvalue weighted by molar-refractivity contribution is 0.102. The molecule has 0 fully saturated rings. The average Bonchev–Trinajstić information content (AvgIpc) is 3.06. The van der Waals surface area contributed by atoms with Gasteiger partial charge in [-0.2, -0.15) is 0 Å². The number of ketones is 1. The summed E-state index contributed by atoms with van der Waals surface area (Å²) in [5, 5.41) is 3.21. The first-order chi connectivity index (χ1) is 14.5. The molecule has 0 bridgehead atoms. The van der Waals surface area contributed by atoms with E-state index in [-0.39, 0.29) is 22.7 Å². The number of aryl methyl sites for hydroxylation is 1. The van der Waals surface area contributed by atoms with E-state index in [0.717, 1.165) is 12.0 Å². The van der Waals surface area contributed by atoms with Crippen molar-refractivity contribution in [2.75, 3.05) is 11.1 Å². The van der Waals surface area contributed by atoms with Crippen LogP contribution < -0.4 is 11.1 Å². The molecular formula is C24H20ClN3O2. The van der Waals surface area contributed by atoms with Gasteiger partial charge in [0.05, 0.1) is 27.5 Å². The summed E-state index contributed by atoms with van der Waals surface area (Å²) in [4.78, 5) is 26.4. The van der Waals surface area contributed by atoms with Crippen LogP contribution in [0.25, 0.3) is 5.52 Å². The van der Waals surface area contributed by atoms with Gasteiger partial charge in [-0.3, -0.25) is 9.59 Å². The quantitative estimate of drug-likeness (QED) is 0.437. The standard InChI is InChI=1S/C24H20ClN3O2/c1-2-15-10-12-16(13-11-15)23(29)22-21(26)20(19-9-5-6-14-28(19)22)24(30)27-18-8-4-3-7-17(18)25/h3-14H,2,26H2,1H3,(H,27,30). The number of nitrogens with zero attached hydrogens (tertiary/aromatic N) is 1. The summed E-state index contributed by atoms with van der Waals surface area (Å²) in [5.41, 5.74) is 9.68. The number of aromatic nitrogens is 1. The number of nitrogens with one attached hydrogen (secondary N) is 1. The van der Waals surface area contributed by atoms with Gasteiger partial charge in [0.25, 0.3) is 5.91 Å². The Morgan fingerprint density at radius 2 is 1.70 bits per heavy atom. The number of carbonyl (C=O) groups excluding carboxylic acids is 2. The van der Waals surface area contributed by atoms with Gasteiger partial charge in [-0.1, -0.05) is 61.0 Å². The normalized spacial score (nSPS) is 10.9. The molecule has 0 aliphatic heterocycles. The molecule has 0 atom stereocenters. The molecule has 0 unspecified atom stereocenters. The summed E-state index contributed by atoms with van der Waals surface area (Å²) in [7, 11) is 0. The number of rotatable bonds is 5. The molecule has 5 nitrogen and oxygen atoms in total. The van der Waals surface area contributed by atoms with E-state index in [9.17, 15) is 9.59 Å². The number of hydrogen-bond acceptors (Lipinski definition) is 3. The molecule has 3 N–H and O–H groups in total. The molecule has 0 radical (unpaired) electrons. The molecule has 0 saturated carbocycles. The van der Waals surface area contributed by atoms with E-state index in [0.29, 0.717) is 21.8 Å². The topological polar surface area (TPSA) is 76.6 Å². The first kappa shape index (κ1) is 19.7. The van der Waals surface area contributed by atoms with Crippen LogP contribution in [0.5, 0.6) is 0 Å². The van der Waals surface area contributed by atoms with Gasteiger partial charge in [-0.25, -0.2) is 0 Å². The largest absolute Gasteiger partial charge is 0.396 e. The Kier molecular flexibility index (Phi) is 5.29. The Bertz CT molecular complexity index is 1260. The molecular weight excluding hydrogens is 398 g/mol. The second kappa shape index (κ2) is 8.05. The van der Waals surface area contributed by atoms with Crippen LogP contribution in [0.1, 0.15) is 38.9 Å². The third kappa shape index (κ3) is 3.44. The van der Waals surface area contributed by atoms with E-state index in [1.807, 2.05) is 12.1 Å². The van der Waals surface area contributed by atoms with Gasteiger partial charge in [-0.05, 0) is 36.2 Å². The number of pyridine rings is 1. The fourth-order valence-electron chi connectivity index (χ4n) is 3.47. The van der Waals surface area contributed by atoms with Crippen LogP contribution >= 0.6 is 11.6 Å². The molecule has 4 aromatic rings. The van der Waals surface area contributed by atoms with Crippen LogP contribution in [0.3, 0.4) is 0 Å². The molecule has 0 aliphatic rings. The van der Waals surface area contributed by atoms with E-state index in [2.05, 4.69) is 12.2 Å². The summed E-state index contributed by atoms with van der Waals surface area (Å²) in [6.07, 6.45) is 2.61. The lowest BCUT2D eigenvalue weighted by Crippen LogP contribution is -2.14. The second-order valence-corrected chi connectivity index (χ2v) is 7.31. The van der Waals surface area contributed by atoms with Crippen molar-refractivity contribution in [1.82, 2.24) is 4.40 Å². The van der Waals surface area contributed by atoms with Gasteiger partial charge in [0.15, 0.2) is 0 Å². The van der Waals surface area contributed by atoms with Crippen LogP contribution in [0.15, 0.2) is 72.9 Å². The SMILES string of the molecule is CCc1ccc(C(=O)c2c(N)c(C(=O)Nc3ccccc3Cl)c3ccccn23)cc1. The maximum atomic E-state index is 13.3. The van der Waals surface area contributed by atoms with Crippen molar-refractivity contribution in [3.63, 3.8) is 0 Å². The summed E-state index contributed by atoms with van der Waals surface area (Å²) in [6.45, 7) is 2.05. The van der Waals surface area contributed by atoms with Gasteiger partial charge in [-0.15, -0.1) is 0 Å². The third-order valence-corrected chi connectivity index (χ3v) is 5.40. The monoisotopic (exact) mass is 417 g/mol. The maximum Gasteiger partial charge on any atom is 0.260 e. The molecule has 0 spiro atoms. The Labute approximate surface area is 179 Å². The average molecular weight is 418 g/mol. The van der Waals surface area contributed by atoms with Crippen molar-refractivity contribution in [3.05, 3.63) is 100 Å². The first-order valence-corrected chi connectivity index (χ1v) is 9.97.